The summed E-state index contributed by atoms with van der Waals surface area (Å²) in [5, 5.41) is -5.84. The summed E-state index contributed by atoms with van der Waals surface area (Å²) in [4.78, 5) is 25.4. The van der Waals surface area contributed by atoms with Crippen LogP contribution in [0.4, 0.5) is 30.7 Å². The third-order valence-corrected chi connectivity index (χ3v) is 8.42. The minimum Gasteiger partial charge on any atom is -0.464 e. The smallest absolute Gasteiger partial charge is 0.464 e. The molecule has 1 atom stereocenters. The van der Waals surface area contributed by atoms with E-state index in [-0.39, 0.29) is 17.8 Å². The van der Waals surface area contributed by atoms with Crippen LogP contribution in [0.1, 0.15) is 57.8 Å². The molecule has 0 saturated heterocycles. The number of rotatable bonds is 11. The summed E-state index contributed by atoms with van der Waals surface area (Å²) in [6.07, 6.45) is -5.87. The van der Waals surface area contributed by atoms with Crippen molar-refractivity contribution in [2.45, 2.75) is 80.9 Å². The lowest BCUT2D eigenvalue weighted by Crippen LogP contribution is -2.61. The number of alkyl halides is 7. The molecular weight excluding hydrogens is 545 g/mol. The van der Waals surface area contributed by atoms with Gasteiger partial charge in [-0.25, -0.2) is 4.79 Å². The van der Waals surface area contributed by atoms with Crippen molar-refractivity contribution in [3.05, 3.63) is 0 Å². The molecule has 0 heterocycles. The van der Waals surface area contributed by atoms with E-state index in [0.717, 1.165) is 19.3 Å². The number of hydrogen-bond donors (Lipinski definition) is 1. The van der Waals surface area contributed by atoms with Gasteiger partial charge in [0.25, 0.3) is 0 Å². The van der Waals surface area contributed by atoms with Gasteiger partial charge >= 0.3 is 45.2 Å². The summed E-state index contributed by atoms with van der Waals surface area (Å²) in [5.74, 6) is -12.5. The zero-order valence-electron chi connectivity index (χ0n) is 19.7. The standard InChI is InChI=1S/C21H27F7O8S/c1-34-16(30)19(20(24,25)26,35-5-3-2-4-18(22,23)21(27,28)37(31,32)33)36-15(29)17-9-12-6-13(10-17)8-14(7-12)11-17/h12-14H,2-11H2,1H3,(H,31,32,33). The first kappa shape index (κ1) is 29.9. The third kappa shape index (κ3) is 5.42. The van der Waals surface area contributed by atoms with Crippen molar-refractivity contribution < 1.29 is 67.5 Å². The first-order valence-electron chi connectivity index (χ1n) is 11.6. The van der Waals surface area contributed by atoms with Crippen LogP contribution in [0.3, 0.4) is 0 Å². The Hall–Kier alpha value is -1.68. The average molecular weight is 572 g/mol. The summed E-state index contributed by atoms with van der Waals surface area (Å²) in [5.41, 5.74) is -1.23. The van der Waals surface area contributed by atoms with Crippen LogP contribution in [0.25, 0.3) is 0 Å². The maximum atomic E-state index is 14.1. The molecule has 4 rings (SSSR count). The summed E-state index contributed by atoms with van der Waals surface area (Å²) in [6.45, 7) is -1.17. The molecule has 4 bridgehead atoms. The number of ether oxygens (including phenoxy) is 3. The lowest BCUT2D eigenvalue weighted by molar-refractivity contribution is -0.358. The van der Waals surface area contributed by atoms with Gasteiger partial charge < -0.3 is 14.2 Å². The van der Waals surface area contributed by atoms with Crippen LogP contribution >= 0.6 is 0 Å². The molecule has 0 amide bonds. The Morgan fingerprint density at radius 2 is 1.41 bits per heavy atom. The molecule has 0 aromatic carbocycles. The highest BCUT2D eigenvalue weighted by Gasteiger charge is 2.69. The van der Waals surface area contributed by atoms with Crippen molar-refractivity contribution in [3.63, 3.8) is 0 Å². The number of halogens is 7. The first-order valence-corrected chi connectivity index (χ1v) is 13.0. The zero-order valence-corrected chi connectivity index (χ0v) is 20.5. The fraction of sp³-hybridized carbons (Fsp3) is 0.905. The molecule has 0 aliphatic heterocycles. The molecule has 37 heavy (non-hydrogen) atoms. The van der Waals surface area contributed by atoms with Crippen molar-refractivity contribution in [2.24, 2.45) is 23.2 Å². The minimum absolute atomic E-state index is 0.140. The van der Waals surface area contributed by atoms with Crippen molar-refractivity contribution in [2.75, 3.05) is 13.7 Å². The van der Waals surface area contributed by atoms with Gasteiger partial charge in [0, 0.05) is 6.42 Å². The Labute approximate surface area is 207 Å². The molecule has 0 aromatic rings. The predicted octanol–water partition coefficient (Wildman–Crippen LogP) is 4.48. The van der Waals surface area contributed by atoms with E-state index in [1.54, 1.807) is 0 Å². The van der Waals surface area contributed by atoms with Gasteiger partial charge in [-0.1, -0.05) is 0 Å². The van der Waals surface area contributed by atoms with Gasteiger partial charge in [0.05, 0.1) is 19.1 Å². The van der Waals surface area contributed by atoms with Crippen LogP contribution in [0.15, 0.2) is 0 Å². The average Bonchev–Trinajstić information content (AvgIpc) is 2.74. The monoisotopic (exact) mass is 572 g/mol. The van der Waals surface area contributed by atoms with E-state index >= 15 is 0 Å². The van der Waals surface area contributed by atoms with Gasteiger partial charge in [-0.2, -0.15) is 39.2 Å². The van der Waals surface area contributed by atoms with E-state index in [1.807, 2.05) is 0 Å². The zero-order chi connectivity index (χ0) is 28.1. The highest BCUT2D eigenvalue weighted by molar-refractivity contribution is 7.87. The molecule has 4 saturated carbocycles. The Morgan fingerprint density at radius 1 is 0.919 bits per heavy atom. The maximum Gasteiger partial charge on any atom is 0.468 e. The van der Waals surface area contributed by atoms with Crippen LogP contribution in [0, 0.1) is 23.2 Å². The van der Waals surface area contributed by atoms with Crippen LogP contribution in [-0.2, 0) is 33.9 Å². The lowest BCUT2D eigenvalue weighted by Gasteiger charge is -2.55. The second kappa shape index (κ2) is 9.81. The van der Waals surface area contributed by atoms with Crippen LogP contribution in [-0.4, -0.2) is 61.8 Å². The molecule has 0 spiro atoms. The Bertz CT molecular complexity index is 962. The summed E-state index contributed by atoms with van der Waals surface area (Å²) in [7, 11) is -5.89. The first-order chi connectivity index (χ1) is 16.8. The Balaban J connectivity index is 1.72. The molecule has 0 radical (unpaired) electrons. The molecule has 4 fully saturated rings. The topological polar surface area (TPSA) is 116 Å². The molecule has 0 aromatic heterocycles. The van der Waals surface area contributed by atoms with Crippen LogP contribution < -0.4 is 0 Å². The highest BCUT2D eigenvalue weighted by atomic mass is 32.2. The van der Waals surface area contributed by atoms with Crippen molar-refractivity contribution in [3.8, 4) is 0 Å². The summed E-state index contributed by atoms with van der Waals surface area (Å²) < 4.78 is 139. The molecule has 1 N–H and O–H groups in total. The Kier molecular flexibility index (Phi) is 7.92. The molecule has 16 heteroatoms. The fourth-order valence-corrected chi connectivity index (χ4v) is 6.60. The molecule has 1 unspecified atom stereocenters. The third-order valence-electron chi connectivity index (χ3n) is 7.48. The number of hydrogen-bond acceptors (Lipinski definition) is 7. The number of unbranched alkanes of at least 4 members (excludes halogenated alkanes) is 1. The lowest BCUT2D eigenvalue weighted by atomic mass is 9.49. The number of esters is 2. The van der Waals surface area contributed by atoms with Gasteiger partial charge in [-0.3, -0.25) is 9.35 Å². The van der Waals surface area contributed by atoms with E-state index in [0.29, 0.717) is 26.4 Å². The van der Waals surface area contributed by atoms with Crippen molar-refractivity contribution >= 4 is 22.1 Å². The van der Waals surface area contributed by atoms with E-state index in [1.165, 1.54) is 0 Å². The van der Waals surface area contributed by atoms with Gasteiger partial charge in [0.15, 0.2) is 0 Å². The van der Waals surface area contributed by atoms with Gasteiger partial charge in [-0.05, 0) is 69.1 Å². The molecular formula is C21H27F7O8S. The quantitative estimate of drug-likeness (QED) is 0.127. The van der Waals surface area contributed by atoms with Gasteiger partial charge in [0.1, 0.15) is 0 Å². The summed E-state index contributed by atoms with van der Waals surface area (Å²) >= 11 is 0. The predicted molar refractivity (Wildman–Crippen MR) is 109 cm³/mol. The molecule has 4 aliphatic rings. The second-order valence-electron chi connectivity index (χ2n) is 10.2. The SMILES string of the molecule is COC(=O)C(OCCCCC(F)(F)C(F)(F)S(=O)(=O)O)(OC(=O)C12CC3CC(CC(C3)C1)C2)C(F)(F)F. The normalized spacial score (nSPS) is 29.6. The van der Waals surface area contributed by atoms with Crippen molar-refractivity contribution in [1.82, 2.24) is 0 Å². The molecule has 4 aliphatic carbocycles. The van der Waals surface area contributed by atoms with Crippen molar-refractivity contribution in [1.29, 1.82) is 0 Å². The van der Waals surface area contributed by atoms with Crippen LogP contribution in [0.5, 0.6) is 0 Å². The van der Waals surface area contributed by atoms with E-state index in [4.69, 9.17) is 9.29 Å². The number of carbonyl (C=O) groups is 2. The fourth-order valence-electron chi connectivity index (χ4n) is 6.12. The maximum absolute atomic E-state index is 14.1. The molecule has 8 nitrogen and oxygen atoms in total. The van der Waals surface area contributed by atoms with E-state index in [9.17, 15) is 48.7 Å². The van der Waals surface area contributed by atoms with Gasteiger partial charge in [0.2, 0.25) is 0 Å². The summed E-state index contributed by atoms with van der Waals surface area (Å²) in [6, 6.07) is 0. The van der Waals surface area contributed by atoms with Crippen LogP contribution in [0.2, 0.25) is 0 Å². The minimum atomic E-state index is -6.47. The van der Waals surface area contributed by atoms with Gasteiger partial charge in [-0.15, -0.1) is 0 Å². The van der Waals surface area contributed by atoms with E-state index < -0.39 is 76.5 Å². The largest absolute Gasteiger partial charge is 0.468 e. The molecule has 214 valence electrons. The number of methoxy groups -OCH3 is 1. The van der Waals surface area contributed by atoms with E-state index in [2.05, 4.69) is 9.47 Å². The number of carbonyl (C=O) groups excluding carboxylic acids is 2. The highest BCUT2D eigenvalue weighted by Crippen LogP contribution is 2.61. The Morgan fingerprint density at radius 3 is 1.81 bits per heavy atom. The second-order valence-corrected chi connectivity index (χ2v) is 11.7.